The average molecular weight is 276 g/mol. The largest absolute Gasteiger partial charge is 0.370 e. The molecule has 2 rings (SSSR count). The number of aryl methyl sites for hydroxylation is 1. The topological polar surface area (TPSA) is 49.8 Å². The zero-order valence-electron chi connectivity index (χ0n) is 13.1. The van der Waals surface area contributed by atoms with Gasteiger partial charge in [-0.1, -0.05) is 32.6 Å². The molecule has 0 spiro atoms. The fourth-order valence-electron chi connectivity index (χ4n) is 2.88. The predicted octanol–water partition coefficient (Wildman–Crippen LogP) is 3.85. The van der Waals surface area contributed by atoms with Crippen LogP contribution in [0.1, 0.15) is 51.5 Å². The van der Waals surface area contributed by atoms with Gasteiger partial charge in [-0.2, -0.15) is 4.98 Å². The molecule has 1 aliphatic carbocycles. The molecule has 4 nitrogen and oxygen atoms in total. The van der Waals surface area contributed by atoms with E-state index in [0.717, 1.165) is 36.3 Å². The maximum absolute atomic E-state index is 4.52. The highest BCUT2D eigenvalue weighted by Gasteiger charge is 2.17. The van der Waals surface area contributed by atoms with Gasteiger partial charge in [-0.3, -0.25) is 0 Å². The first kappa shape index (κ1) is 15.1. The van der Waals surface area contributed by atoms with Crippen molar-refractivity contribution in [3.8, 4) is 0 Å². The van der Waals surface area contributed by atoms with Crippen LogP contribution in [-0.2, 0) is 0 Å². The Labute approximate surface area is 122 Å². The van der Waals surface area contributed by atoms with Gasteiger partial charge in [0.25, 0.3) is 0 Å². The van der Waals surface area contributed by atoms with Crippen molar-refractivity contribution in [3.05, 3.63) is 11.8 Å². The smallest absolute Gasteiger partial charge is 0.224 e. The van der Waals surface area contributed by atoms with E-state index in [4.69, 9.17) is 0 Å². The summed E-state index contributed by atoms with van der Waals surface area (Å²) in [5.74, 6) is 3.52. The van der Waals surface area contributed by atoms with Crippen molar-refractivity contribution in [3.63, 3.8) is 0 Å². The first-order valence-electron chi connectivity index (χ1n) is 8.00. The minimum atomic E-state index is 0.715. The summed E-state index contributed by atoms with van der Waals surface area (Å²) in [7, 11) is 0. The Morgan fingerprint density at radius 2 is 1.95 bits per heavy atom. The normalized spacial score (nSPS) is 22.6. The maximum Gasteiger partial charge on any atom is 0.224 e. The van der Waals surface area contributed by atoms with Gasteiger partial charge in [-0.05, 0) is 32.1 Å². The Bertz CT molecular complexity index is 411. The van der Waals surface area contributed by atoms with Crippen molar-refractivity contribution in [2.75, 3.05) is 23.7 Å². The fourth-order valence-corrected chi connectivity index (χ4v) is 2.88. The van der Waals surface area contributed by atoms with Gasteiger partial charge in [0.05, 0.1) is 0 Å². The first-order valence-corrected chi connectivity index (χ1v) is 8.00. The molecule has 1 aliphatic rings. The Morgan fingerprint density at radius 3 is 2.65 bits per heavy atom. The highest BCUT2D eigenvalue weighted by Crippen LogP contribution is 2.30. The molecular weight excluding hydrogens is 248 g/mol. The second-order valence-corrected chi connectivity index (χ2v) is 6.10. The molecule has 0 aromatic carbocycles. The summed E-state index contributed by atoms with van der Waals surface area (Å²) >= 11 is 0. The minimum Gasteiger partial charge on any atom is -0.370 e. The molecule has 1 aromatic heterocycles. The molecule has 0 bridgehead atoms. The van der Waals surface area contributed by atoms with E-state index in [1.54, 1.807) is 0 Å². The molecule has 0 amide bonds. The van der Waals surface area contributed by atoms with Gasteiger partial charge in [0.15, 0.2) is 0 Å². The second kappa shape index (κ2) is 7.46. The minimum absolute atomic E-state index is 0.715. The summed E-state index contributed by atoms with van der Waals surface area (Å²) in [5, 5.41) is 6.64. The van der Waals surface area contributed by atoms with Gasteiger partial charge in [0.2, 0.25) is 5.95 Å². The Balaban J connectivity index is 1.79. The number of nitrogens with one attached hydrogen (secondary N) is 2. The fraction of sp³-hybridized carbons (Fsp3) is 0.750. The number of aromatic nitrogens is 2. The number of hydrogen-bond donors (Lipinski definition) is 2. The summed E-state index contributed by atoms with van der Waals surface area (Å²) < 4.78 is 0. The van der Waals surface area contributed by atoms with Crippen LogP contribution >= 0.6 is 0 Å². The van der Waals surface area contributed by atoms with E-state index in [0.29, 0.717) is 5.95 Å². The first-order chi connectivity index (χ1) is 9.69. The standard InChI is InChI=1S/C16H28N4/c1-4-17-16-19-11-13(3)15(20-16)18-10-9-14-7-5-12(2)6-8-14/h11-12,14H,4-10H2,1-3H3,(H2,17,18,19,20). The number of anilines is 2. The number of hydrogen-bond acceptors (Lipinski definition) is 4. The van der Waals surface area contributed by atoms with Gasteiger partial charge in [-0.25, -0.2) is 4.98 Å². The molecule has 0 saturated heterocycles. The third-order valence-corrected chi connectivity index (χ3v) is 4.29. The lowest BCUT2D eigenvalue weighted by atomic mass is 9.81. The second-order valence-electron chi connectivity index (χ2n) is 6.10. The van der Waals surface area contributed by atoms with E-state index < -0.39 is 0 Å². The summed E-state index contributed by atoms with van der Waals surface area (Å²) in [6.07, 6.45) is 8.74. The quantitative estimate of drug-likeness (QED) is 0.828. The van der Waals surface area contributed by atoms with Crippen LogP contribution in [0.15, 0.2) is 6.20 Å². The van der Waals surface area contributed by atoms with Crippen LogP contribution in [0.5, 0.6) is 0 Å². The number of nitrogens with zero attached hydrogens (tertiary/aromatic N) is 2. The molecule has 1 aromatic rings. The Morgan fingerprint density at radius 1 is 1.20 bits per heavy atom. The third-order valence-electron chi connectivity index (χ3n) is 4.29. The zero-order valence-corrected chi connectivity index (χ0v) is 13.1. The van der Waals surface area contributed by atoms with Gasteiger partial charge in [0.1, 0.15) is 5.82 Å². The van der Waals surface area contributed by atoms with Crippen LogP contribution in [0.3, 0.4) is 0 Å². The van der Waals surface area contributed by atoms with Gasteiger partial charge in [0, 0.05) is 24.8 Å². The van der Waals surface area contributed by atoms with Gasteiger partial charge >= 0.3 is 0 Å². The molecule has 20 heavy (non-hydrogen) atoms. The van der Waals surface area contributed by atoms with Crippen molar-refractivity contribution >= 4 is 11.8 Å². The lowest BCUT2D eigenvalue weighted by molar-refractivity contribution is 0.282. The molecule has 4 heteroatoms. The van der Waals surface area contributed by atoms with E-state index in [1.165, 1.54) is 32.1 Å². The molecule has 0 atom stereocenters. The molecule has 1 fully saturated rings. The van der Waals surface area contributed by atoms with Crippen molar-refractivity contribution in [2.45, 2.75) is 52.9 Å². The predicted molar refractivity (Wildman–Crippen MR) is 85.2 cm³/mol. The molecular formula is C16H28N4. The number of rotatable bonds is 6. The molecule has 0 unspecified atom stereocenters. The van der Waals surface area contributed by atoms with Crippen molar-refractivity contribution in [1.82, 2.24) is 9.97 Å². The molecule has 0 aliphatic heterocycles. The molecule has 0 radical (unpaired) electrons. The monoisotopic (exact) mass is 276 g/mol. The van der Waals surface area contributed by atoms with Crippen LogP contribution < -0.4 is 10.6 Å². The van der Waals surface area contributed by atoms with Crippen molar-refractivity contribution < 1.29 is 0 Å². The van der Waals surface area contributed by atoms with Crippen LogP contribution in [0, 0.1) is 18.8 Å². The van der Waals surface area contributed by atoms with E-state index >= 15 is 0 Å². The third kappa shape index (κ3) is 4.36. The van der Waals surface area contributed by atoms with Crippen molar-refractivity contribution in [2.24, 2.45) is 11.8 Å². The summed E-state index contributed by atoms with van der Waals surface area (Å²) in [5.41, 5.74) is 1.11. The summed E-state index contributed by atoms with van der Waals surface area (Å²) in [6.45, 7) is 8.35. The molecule has 112 valence electrons. The Kier molecular flexibility index (Phi) is 5.62. The summed E-state index contributed by atoms with van der Waals surface area (Å²) in [4.78, 5) is 8.80. The van der Waals surface area contributed by atoms with Crippen LogP contribution in [0.2, 0.25) is 0 Å². The Hall–Kier alpha value is -1.32. The lowest BCUT2D eigenvalue weighted by Crippen LogP contribution is -2.16. The van der Waals surface area contributed by atoms with Crippen molar-refractivity contribution in [1.29, 1.82) is 0 Å². The van der Waals surface area contributed by atoms with E-state index in [-0.39, 0.29) is 0 Å². The highest BCUT2D eigenvalue weighted by atomic mass is 15.1. The SMILES string of the molecule is CCNc1ncc(C)c(NCCC2CCC(C)CC2)n1. The van der Waals surface area contributed by atoms with Gasteiger partial charge < -0.3 is 10.6 Å². The van der Waals surface area contributed by atoms with Crippen LogP contribution in [0.25, 0.3) is 0 Å². The van der Waals surface area contributed by atoms with Gasteiger partial charge in [-0.15, -0.1) is 0 Å². The van der Waals surface area contributed by atoms with E-state index in [9.17, 15) is 0 Å². The lowest BCUT2D eigenvalue weighted by Gasteiger charge is -2.26. The zero-order chi connectivity index (χ0) is 14.4. The van der Waals surface area contributed by atoms with E-state index in [1.807, 2.05) is 6.20 Å². The summed E-state index contributed by atoms with van der Waals surface area (Å²) in [6, 6.07) is 0. The highest BCUT2D eigenvalue weighted by molar-refractivity contribution is 5.46. The molecule has 1 saturated carbocycles. The average Bonchev–Trinajstić information content (AvgIpc) is 2.45. The molecule has 1 heterocycles. The van der Waals surface area contributed by atoms with Crippen LogP contribution in [-0.4, -0.2) is 23.1 Å². The maximum atomic E-state index is 4.52. The van der Waals surface area contributed by atoms with Crippen LogP contribution in [0.4, 0.5) is 11.8 Å². The molecule has 2 N–H and O–H groups in total. The van der Waals surface area contributed by atoms with E-state index in [2.05, 4.69) is 41.4 Å².